The fourth-order valence-electron chi connectivity index (χ4n) is 3.39. The summed E-state index contributed by atoms with van der Waals surface area (Å²) >= 11 is 0. The van der Waals surface area contributed by atoms with Gasteiger partial charge < -0.3 is 9.64 Å². The van der Waals surface area contributed by atoms with Crippen LogP contribution in [0.3, 0.4) is 0 Å². The maximum atomic E-state index is 12.5. The van der Waals surface area contributed by atoms with Crippen molar-refractivity contribution in [2.24, 2.45) is 0 Å². The second-order valence-corrected chi connectivity index (χ2v) is 8.87. The highest BCUT2D eigenvalue weighted by Gasteiger charge is 2.28. The summed E-state index contributed by atoms with van der Waals surface area (Å²) in [5, 5.41) is 4.44. The van der Waals surface area contributed by atoms with Gasteiger partial charge in [-0.25, -0.2) is 17.8 Å². The zero-order valence-electron chi connectivity index (χ0n) is 16.8. The fourth-order valence-corrected chi connectivity index (χ4v) is 4.62. The highest BCUT2D eigenvalue weighted by atomic mass is 32.2. The van der Waals surface area contributed by atoms with Gasteiger partial charge in [-0.05, 0) is 36.8 Å². The third kappa shape index (κ3) is 5.28. The first-order chi connectivity index (χ1) is 15.0. The first-order valence-electron chi connectivity index (χ1n) is 9.94. The van der Waals surface area contributed by atoms with Crippen LogP contribution in [0.15, 0.2) is 76.7 Å². The molecule has 1 aromatic carbocycles. The molecule has 1 saturated heterocycles. The molecule has 1 atom stereocenters. The lowest BCUT2D eigenvalue weighted by Crippen LogP contribution is -2.37. The minimum Gasteiger partial charge on any atom is -0.492 e. The Morgan fingerprint density at radius 3 is 2.71 bits per heavy atom. The molecule has 0 aliphatic carbocycles. The number of anilines is 1. The standard InChI is InChI=1S/C21H23N5O4S/c27-21-9-8-20(23-26(21)13-14-30-18-5-2-1-3-6-18)25-12-10-17(16-25)24-31(28,29)19-7-4-11-22-15-19/h1-9,11,15,17,24H,10,12-14,16H2. The van der Waals surface area contributed by atoms with E-state index >= 15 is 0 Å². The molecule has 1 fully saturated rings. The van der Waals surface area contributed by atoms with Gasteiger partial charge in [0, 0.05) is 37.6 Å². The predicted molar refractivity (Wildman–Crippen MR) is 116 cm³/mol. The van der Waals surface area contributed by atoms with E-state index in [0.717, 1.165) is 5.75 Å². The van der Waals surface area contributed by atoms with Crippen LogP contribution in [-0.2, 0) is 16.6 Å². The molecular weight excluding hydrogens is 418 g/mol. The lowest BCUT2D eigenvalue weighted by atomic mass is 10.3. The molecule has 9 nitrogen and oxygen atoms in total. The average Bonchev–Trinajstić information content (AvgIpc) is 3.24. The Kier molecular flexibility index (Phi) is 6.28. The van der Waals surface area contributed by atoms with Gasteiger partial charge in [0.05, 0.1) is 6.54 Å². The van der Waals surface area contributed by atoms with Gasteiger partial charge in [-0.2, -0.15) is 5.10 Å². The summed E-state index contributed by atoms with van der Waals surface area (Å²) in [6, 6.07) is 15.3. The summed E-state index contributed by atoms with van der Waals surface area (Å²) in [5.41, 5.74) is -0.214. The van der Waals surface area contributed by atoms with Gasteiger partial charge in [-0.1, -0.05) is 18.2 Å². The summed E-state index contributed by atoms with van der Waals surface area (Å²) < 4.78 is 34.8. The van der Waals surface area contributed by atoms with Gasteiger partial charge in [0.1, 0.15) is 23.1 Å². The summed E-state index contributed by atoms with van der Waals surface area (Å²) in [4.78, 5) is 18.1. The SMILES string of the molecule is O=c1ccc(N2CCC(NS(=O)(=O)c3cccnc3)C2)nn1CCOc1ccccc1. The van der Waals surface area contributed by atoms with Crippen LogP contribution in [-0.4, -0.2) is 48.9 Å². The first-order valence-corrected chi connectivity index (χ1v) is 11.4. The molecule has 0 spiro atoms. The minimum atomic E-state index is -3.63. The second-order valence-electron chi connectivity index (χ2n) is 7.16. The molecule has 1 aliphatic heterocycles. The topological polar surface area (TPSA) is 106 Å². The molecule has 3 aromatic rings. The Morgan fingerprint density at radius 2 is 1.94 bits per heavy atom. The van der Waals surface area contributed by atoms with Crippen LogP contribution in [0.4, 0.5) is 5.82 Å². The van der Waals surface area contributed by atoms with E-state index in [0.29, 0.717) is 38.5 Å². The highest BCUT2D eigenvalue weighted by Crippen LogP contribution is 2.18. The molecule has 0 amide bonds. The van der Waals surface area contributed by atoms with E-state index in [1.165, 1.54) is 29.2 Å². The number of para-hydroxylation sites is 1. The van der Waals surface area contributed by atoms with Crippen LogP contribution in [0.1, 0.15) is 6.42 Å². The number of nitrogens with one attached hydrogen (secondary N) is 1. The van der Waals surface area contributed by atoms with Crippen molar-refractivity contribution in [3.63, 3.8) is 0 Å². The number of nitrogens with zero attached hydrogens (tertiary/aromatic N) is 4. The van der Waals surface area contributed by atoms with Gasteiger partial charge in [-0.3, -0.25) is 9.78 Å². The van der Waals surface area contributed by atoms with Crippen LogP contribution in [0.2, 0.25) is 0 Å². The van der Waals surface area contributed by atoms with Gasteiger partial charge in [-0.15, -0.1) is 0 Å². The van der Waals surface area contributed by atoms with Crippen LogP contribution < -0.4 is 19.9 Å². The summed E-state index contributed by atoms with van der Waals surface area (Å²) in [5.74, 6) is 1.36. The molecule has 10 heteroatoms. The molecule has 0 saturated carbocycles. The Balaban J connectivity index is 1.38. The molecule has 1 unspecified atom stereocenters. The van der Waals surface area contributed by atoms with Gasteiger partial charge >= 0.3 is 0 Å². The van der Waals surface area contributed by atoms with Gasteiger partial charge in [0.15, 0.2) is 0 Å². The van der Waals surface area contributed by atoms with E-state index in [4.69, 9.17) is 4.74 Å². The van der Waals surface area contributed by atoms with Crippen LogP contribution in [0.5, 0.6) is 5.75 Å². The monoisotopic (exact) mass is 441 g/mol. The Morgan fingerprint density at radius 1 is 1.10 bits per heavy atom. The van der Waals surface area contributed by atoms with Crippen molar-refractivity contribution >= 4 is 15.8 Å². The molecule has 2 aromatic heterocycles. The third-order valence-electron chi connectivity index (χ3n) is 4.95. The summed E-state index contributed by atoms with van der Waals surface area (Å²) in [6.45, 7) is 1.72. The molecule has 31 heavy (non-hydrogen) atoms. The van der Waals surface area contributed by atoms with Crippen molar-refractivity contribution in [1.82, 2.24) is 19.5 Å². The van der Waals surface area contributed by atoms with Crippen LogP contribution in [0, 0.1) is 0 Å². The smallest absolute Gasteiger partial charge is 0.266 e. The Hall–Kier alpha value is -3.24. The third-order valence-corrected chi connectivity index (χ3v) is 6.45. The quantitative estimate of drug-likeness (QED) is 0.561. The van der Waals surface area contributed by atoms with Crippen molar-refractivity contribution in [1.29, 1.82) is 0 Å². The maximum Gasteiger partial charge on any atom is 0.266 e. The molecule has 0 bridgehead atoms. The molecule has 4 rings (SSSR count). The number of pyridine rings is 1. The number of hydrogen-bond donors (Lipinski definition) is 1. The number of hydrogen-bond acceptors (Lipinski definition) is 7. The lowest BCUT2D eigenvalue weighted by Gasteiger charge is -2.19. The zero-order chi connectivity index (χ0) is 21.7. The predicted octanol–water partition coefficient (Wildman–Crippen LogP) is 1.27. The minimum absolute atomic E-state index is 0.138. The molecule has 3 heterocycles. The molecule has 1 aliphatic rings. The number of sulfonamides is 1. The largest absolute Gasteiger partial charge is 0.492 e. The second kappa shape index (κ2) is 9.27. The zero-order valence-corrected chi connectivity index (χ0v) is 17.6. The van der Waals surface area contributed by atoms with Crippen molar-refractivity contribution in [2.45, 2.75) is 23.9 Å². The van der Waals surface area contributed by atoms with Crippen molar-refractivity contribution in [3.8, 4) is 5.75 Å². The molecule has 162 valence electrons. The van der Waals surface area contributed by atoms with E-state index in [1.807, 2.05) is 35.2 Å². The Labute approximate surface area is 180 Å². The van der Waals surface area contributed by atoms with E-state index in [2.05, 4.69) is 14.8 Å². The van der Waals surface area contributed by atoms with Crippen LogP contribution >= 0.6 is 0 Å². The number of aromatic nitrogens is 3. The highest BCUT2D eigenvalue weighted by molar-refractivity contribution is 7.89. The van der Waals surface area contributed by atoms with Crippen molar-refractivity contribution < 1.29 is 13.2 Å². The molecule has 1 N–H and O–H groups in total. The number of ether oxygens (including phenoxy) is 1. The van der Waals surface area contributed by atoms with Gasteiger partial charge in [0.25, 0.3) is 5.56 Å². The van der Waals surface area contributed by atoms with Crippen LogP contribution in [0.25, 0.3) is 0 Å². The maximum absolute atomic E-state index is 12.5. The van der Waals surface area contributed by atoms with Gasteiger partial charge in [0.2, 0.25) is 10.0 Å². The van der Waals surface area contributed by atoms with E-state index in [1.54, 1.807) is 12.1 Å². The molecule has 0 radical (unpaired) electrons. The van der Waals surface area contributed by atoms with E-state index < -0.39 is 10.0 Å². The summed E-state index contributed by atoms with van der Waals surface area (Å²) in [7, 11) is -3.63. The van der Waals surface area contributed by atoms with E-state index in [9.17, 15) is 13.2 Å². The lowest BCUT2D eigenvalue weighted by molar-refractivity contribution is 0.288. The average molecular weight is 442 g/mol. The number of benzene rings is 1. The summed E-state index contributed by atoms with van der Waals surface area (Å²) in [6.07, 6.45) is 3.49. The van der Waals surface area contributed by atoms with Crippen molar-refractivity contribution in [3.05, 3.63) is 77.3 Å². The normalized spacial score (nSPS) is 16.4. The number of rotatable bonds is 8. The fraction of sp³-hybridized carbons (Fsp3) is 0.286. The van der Waals surface area contributed by atoms with Crippen molar-refractivity contribution in [2.75, 3.05) is 24.6 Å². The van der Waals surface area contributed by atoms with E-state index in [-0.39, 0.29) is 16.5 Å². The Bertz CT molecular complexity index is 1170. The first kappa shape index (κ1) is 21.0. The molecular formula is C21H23N5O4S.